The van der Waals surface area contributed by atoms with Crippen molar-refractivity contribution in [2.45, 2.75) is 78.1 Å². The Balaban J connectivity index is 1.52. The molecule has 0 fully saturated rings. The molecule has 1 heterocycles. The third-order valence-electron chi connectivity index (χ3n) is 7.53. The molecule has 0 N–H and O–H groups in total. The Kier molecular flexibility index (Phi) is 10.9. The van der Waals surface area contributed by atoms with Crippen molar-refractivity contribution in [1.29, 1.82) is 0 Å². The fourth-order valence-corrected chi connectivity index (χ4v) is 4.93. The topological polar surface area (TPSA) is 39.3 Å². The molecule has 200 valence electrons. The lowest BCUT2D eigenvalue weighted by Crippen LogP contribution is -2.41. The van der Waals surface area contributed by atoms with E-state index < -0.39 is 0 Å². The molecule has 37 heavy (non-hydrogen) atoms. The maximum atomic E-state index is 13.1. The number of hydrogen-bond acceptors (Lipinski definition) is 2. The molecule has 1 aromatic heterocycles. The molecule has 0 radical (unpaired) electrons. The first kappa shape index (κ1) is 28.6. The van der Waals surface area contributed by atoms with Gasteiger partial charge in [0.15, 0.2) is 5.69 Å². The number of rotatable bonds is 15. The van der Waals surface area contributed by atoms with Gasteiger partial charge in [0.05, 0.1) is 32.0 Å². The number of quaternary nitrogens is 1. The van der Waals surface area contributed by atoms with Gasteiger partial charge >= 0.3 is 0 Å². The first-order valence-corrected chi connectivity index (χ1v) is 14.2. The van der Waals surface area contributed by atoms with E-state index in [-0.39, 0.29) is 5.56 Å². The highest BCUT2D eigenvalue weighted by molar-refractivity contribution is 5.82. The summed E-state index contributed by atoms with van der Waals surface area (Å²) < 4.78 is 4.41. The number of para-hydroxylation sites is 1. The minimum atomic E-state index is -0.103. The zero-order valence-corrected chi connectivity index (χ0v) is 23.7. The van der Waals surface area contributed by atoms with E-state index in [0.717, 1.165) is 28.0 Å². The largest absolute Gasteiger partial charge is 0.297 e. The van der Waals surface area contributed by atoms with Crippen molar-refractivity contribution in [3.8, 4) is 5.69 Å². The third kappa shape index (κ3) is 8.03. The van der Waals surface area contributed by atoms with Gasteiger partial charge in [0.25, 0.3) is 5.56 Å². The van der Waals surface area contributed by atoms with Crippen molar-refractivity contribution in [2.24, 2.45) is 12.0 Å². The van der Waals surface area contributed by atoms with Crippen LogP contribution in [-0.4, -0.2) is 36.2 Å². The van der Waals surface area contributed by atoms with E-state index in [2.05, 4.69) is 50.3 Å². The van der Waals surface area contributed by atoms with Crippen LogP contribution in [0, 0.1) is 6.92 Å². The van der Waals surface area contributed by atoms with Crippen LogP contribution in [0.1, 0.15) is 82.4 Å². The van der Waals surface area contributed by atoms with Crippen LogP contribution in [0.25, 0.3) is 5.69 Å². The van der Waals surface area contributed by atoms with Crippen molar-refractivity contribution in [3.63, 3.8) is 0 Å². The second-order valence-electron chi connectivity index (χ2n) is 10.9. The van der Waals surface area contributed by atoms with E-state index in [9.17, 15) is 4.79 Å². The van der Waals surface area contributed by atoms with Gasteiger partial charge in [0.2, 0.25) is 0 Å². The summed E-state index contributed by atoms with van der Waals surface area (Å²) >= 11 is 0. The average molecular weight is 504 g/mol. The molecule has 0 spiro atoms. The molecule has 0 aliphatic carbocycles. The van der Waals surface area contributed by atoms with E-state index in [1.165, 1.54) is 69.9 Å². The van der Waals surface area contributed by atoms with Crippen LogP contribution in [0.5, 0.6) is 0 Å². The molecule has 0 saturated heterocycles. The van der Waals surface area contributed by atoms with Gasteiger partial charge in [-0.2, -0.15) is 0 Å². The van der Waals surface area contributed by atoms with Crippen LogP contribution in [-0.2, 0) is 7.05 Å². The minimum absolute atomic E-state index is 0.103. The SMILES string of the molecule is CCCCCCCCCCCC[N+](C)(C)c1ccc(C=Nc2c(C)n(C)n(-c3ccccc3)c2=O)cc1. The smallest absolute Gasteiger partial charge is 0.296 e. The molecular formula is C32H47N4O+. The molecule has 0 bridgehead atoms. The van der Waals surface area contributed by atoms with Crippen LogP contribution in [0.15, 0.2) is 64.4 Å². The fraction of sp³-hybridized carbons (Fsp3) is 0.500. The van der Waals surface area contributed by atoms with Gasteiger partial charge in [0, 0.05) is 13.3 Å². The molecule has 3 aromatic rings. The summed E-state index contributed by atoms with van der Waals surface area (Å²) in [6.45, 7) is 5.36. The summed E-state index contributed by atoms with van der Waals surface area (Å²) in [7, 11) is 6.47. The van der Waals surface area contributed by atoms with Gasteiger partial charge in [0.1, 0.15) is 5.69 Å². The lowest BCUT2D eigenvalue weighted by molar-refractivity contribution is 0.380. The maximum Gasteiger partial charge on any atom is 0.297 e. The lowest BCUT2D eigenvalue weighted by atomic mass is 10.1. The highest BCUT2D eigenvalue weighted by Gasteiger charge is 2.18. The summed E-state index contributed by atoms with van der Waals surface area (Å²) in [5.41, 5.74) is 4.36. The average Bonchev–Trinajstić information content (AvgIpc) is 3.11. The van der Waals surface area contributed by atoms with Gasteiger partial charge in [-0.25, -0.2) is 9.67 Å². The summed E-state index contributed by atoms with van der Waals surface area (Å²) in [6, 6.07) is 18.3. The van der Waals surface area contributed by atoms with Gasteiger partial charge in [-0.05, 0) is 61.7 Å². The van der Waals surface area contributed by atoms with Crippen molar-refractivity contribution in [3.05, 3.63) is 76.2 Å². The Morgan fingerprint density at radius 3 is 1.97 bits per heavy atom. The summed E-state index contributed by atoms with van der Waals surface area (Å²) in [5, 5.41) is 0. The van der Waals surface area contributed by atoms with Gasteiger partial charge in [-0.15, -0.1) is 0 Å². The molecule has 0 amide bonds. The Hall–Kier alpha value is -2.92. The molecule has 2 aromatic carbocycles. The number of nitrogens with zero attached hydrogens (tertiary/aromatic N) is 4. The summed E-state index contributed by atoms with van der Waals surface area (Å²) in [5.74, 6) is 0. The highest BCUT2D eigenvalue weighted by Crippen LogP contribution is 2.22. The fourth-order valence-electron chi connectivity index (χ4n) is 4.93. The molecule has 0 aliphatic heterocycles. The molecule has 3 rings (SSSR count). The normalized spacial score (nSPS) is 12.0. The van der Waals surface area contributed by atoms with E-state index in [4.69, 9.17) is 0 Å². The minimum Gasteiger partial charge on any atom is -0.296 e. The number of unbranched alkanes of at least 4 members (excludes halogenated alkanes) is 9. The van der Waals surface area contributed by atoms with Gasteiger partial charge in [-0.3, -0.25) is 14.0 Å². The van der Waals surface area contributed by atoms with Crippen LogP contribution in [0.4, 0.5) is 11.4 Å². The van der Waals surface area contributed by atoms with E-state index in [1.54, 1.807) is 10.9 Å². The Morgan fingerprint density at radius 2 is 1.38 bits per heavy atom. The van der Waals surface area contributed by atoms with Gasteiger partial charge in [-0.1, -0.05) is 76.5 Å². The Morgan fingerprint density at radius 1 is 0.811 bits per heavy atom. The molecule has 0 saturated carbocycles. The van der Waals surface area contributed by atoms with Crippen molar-refractivity contribution in [2.75, 3.05) is 20.6 Å². The van der Waals surface area contributed by atoms with Crippen LogP contribution in [0.3, 0.4) is 0 Å². The molecule has 5 heteroatoms. The zero-order chi connectivity index (χ0) is 26.7. The monoisotopic (exact) mass is 503 g/mol. The zero-order valence-electron chi connectivity index (χ0n) is 23.7. The van der Waals surface area contributed by atoms with Crippen molar-refractivity contribution >= 4 is 17.6 Å². The first-order valence-electron chi connectivity index (χ1n) is 14.2. The van der Waals surface area contributed by atoms with Crippen LogP contribution < -0.4 is 10.0 Å². The lowest BCUT2D eigenvalue weighted by Gasteiger charge is -2.29. The molecule has 0 atom stereocenters. The third-order valence-corrected chi connectivity index (χ3v) is 7.53. The van der Waals surface area contributed by atoms with Crippen molar-refractivity contribution in [1.82, 2.24) is 13.8 Å². The predicted molar refractivity (Wildman–Crippen MR) is 160 cm³/mol. The maximum absolute atomic E-state index is 13.1. The summed E-state index contributed by atoms with van der Waals surface area (Å²) in [6.07, 6.45) is 15.5. The number of benzene rings is 2. The number of aromatic nitrogens is 2. The highest BCUT2D eigenvalue weighted by atomic mass is 16.1. The molecular weight excluding hydrogens is 456 g/mol. The molecule has 0 unspecified atom stereocenters. The number of aliphatic imine (C=N–C) groups is 1. The molecule has 5 nitrogen and oxygen atoms in total. The second kappa shape index (κ2) is 14.1. The van der Waals surface area contributed by atoms with E-state index >= 15 is 0 Å². The van der Waals surface area contributed by atoms with Crippen LogP contribution in [0.2, 0.25) is 0 Å². The predicted octanol–water partition coefficient (Wildman–Crippen LogP) is 7.72. The molecule has 0 aliphatic rings. The van der Waals surface area contributed by atoms with E-state index in [0.29, 0.717) is 5.69 Å². The summed E-state index contributed by atoms with van der Waals surface area (Å²) in [4.78, 5) is 17.7. The van der Waals surface area contributed by atoms with Crippen LogP contribution >= 0.6 is 0 Å². The quantitative estimate of drug-likeness (QED) is 0.119. The van der Waals surface area contributed by atoms with Gasteiger partial charge < -0.3 is 0 Å². The number of hydrogen-bond donors (Lipinski definition) is 0. The first-order chi connectivity index (χ1) is 17.8. The standard InChI is InChI=1S/C32H47N4O/c1-6-7-8-9-10-11-12-13-14-18-25-36(4,5)30-23-21-28(22-24-30)26-33-31-27(2)34(3)35(32(31)37)29-19-16-15-17-20-29/h15-17,19-24,26H,6-14,18,25H2,1-5H3/q+1. The second-order valence-corrected chi connectivity index (χ2v) is 10.9. The Bertz CT molecular complexity index is 1170. The Labute approximate surface area is 224 Å². The van der Waals surface area contributed by atoms with Crippen molar-refractivity contribution < 1.29 is 0 Å². The van der Waals surface area contributed by atoms with E-state index in [1.807, 2.05) is 49.0 Å².